The molecule has 0 saturated carbocycles. The molecule has 0 unspecified atom stereocenters. The Morgan fingerprint density at radius 2 is 1.85 bits per heavy atom. The second-order valence-corrected chi connectivity index (χ2v) is 5.42. The van der Waals surface area contributed by atoms with Gasteiger partial charge in [-0.3, -0.25) is 4.79 Å². The maximum absolute atomic E-state index is 13.0. The van der Waals surface area contributed by atoms with E-state index in [1.54, 1.807) is 6.07 Å². The second-order valence-electron chi connectivity index (χ2n) is 5.42. The van der Waals surface area contributed by atoms with Crippen LogP contribution in [0.3, 0.4) is 0 Å². The summed E-state index contributed by atoms with van der Waals surface area (Å²) in [4.78, 5) is 11.1. The Morgan fingerprint density at radius 3 is 2.30 bits per heavy atom. The van der Waals surface area contributed by atoms with Crippen molar-refractivity contribution >= 4 is 5.91 Å². The number of hydrogen-bond acceptors (Lipinski definition) is 2. The molecular weight excluding hydrogens is 271 g/mol. The highest BCUT2D eigenvalue weighted by Gasteiger charge is 2.35. The molecule has 0 radical (unpaired) electrons. The zero-order chi connectivity index (χ0) is 15.6. The monoisotopic (exact) mass is 289 g/mol. The van der Waals surface area contributed by atoms with Crippen LogP contribution in [0.5, 0.6) is 5.75 Å². The number of carbonyl (C=O) groups is 1. The normalized spacial score (nSPS) is 12.2. The molecule has 0 spiro atoms. The van der Waals surface area contributed by atoms with Crippen LogP contribution in [0.4, 0.5) is 13.2 Å². The molecule has 1 aromatic carbocycles. The second kappa shape index (κ2) is 5.73. The lowest BCUT2D eigenvalue weighted by Gasteiger charge is -2.22. The quantitative estimate of drug-likeness (QED) is 0.928. The van der Waals surface area contributed by atoms with Gasteiger partial charge in [-0.15, -0.1) is 0 Å². The molecule has 112 valence electrons. The third kappa shape index (κ3) is 4.15. The summed E-state index contributed by atoms with van der Waals surface area (Å²) in [6.45, 7) is 5.03. The molecule has 0 aliphatic heterocycles. The van der Waals surface area contributed by atoms with Crippen molar-refractivity contribution in [2.24, 2.45) is 0 Å². The lowest BCUT2D eigenvalue weighted by Crippen LogP contribution is -2.25. The fraction of sp³-hybridized carbons (Fsp3) is 0.500. The fourth-order valence-electron chi connectivity index (χ4n) is 1.56. The van der Waals surface area contributed by atoms with E-state index >= 15 is 0 Å². The molecule has 1 N–H and O–H groups in total. The standard InChI is InChI=1S/C14H18F3NO2/c1-13(2,3)9-5-6-11(20-8-12(19)18-4)10(7-9)14(15,16)17/h5-7H,8H2,1-4H3,(H,18,19). The van der Waals surface area contributed by atoms with Crippen molar-refractivity contribution in [1.29, 1.82) is 0 Å². The molecule has 0 aliphatic rings. The van der Waals surface area contributed by atoms with Gasteiger partial charge in [-0.25, -0.2) is 0 Å². The van der Waals surface area contributed by atoms with Crippen LogP contribution in [-0.2, 0) is 16.4 Å². The first-order valence-corrected chi connectivity index (χ1v) is 6.11. The first-order valence-electron chi connectivity index (χ1n) is 6.11. The van der Waals surface area contributed by atoms with Crippen LogP contribution in [0.15, 0.2) is 18.2 Å². The number of halogens is 3. The Hall–Kier alpha value is -1.72. The molecule has 0 saturated heterocycles. The minimum Gasteiger partial charge on any atom is -0.483 e. The Balaban J connectivity index is 3.15. The summed E-state index contributed by atoms with van der Waals surface area (Å²) in [5.41, 5.74) is -0.717. The summed E-state index contributed by atoms with van der Waals surface area (Å²) >= 11 is 0. The average molecular weight is 289 g/mol. The maximum Gasteiger partial charge on any atom is 0.419 e. The van der Waals surface area contributed by atoms with Gasteiger partial charge < -0.3 is 10.1 Å². The minimum atomic E-state index is -4.53. The van der Waals surface area contributed by atoms with Crippen LogP contribution >= 0.6 is 0 Å². The number of ether oxygens (including phenoxy) is 1. The van der Waals surface area contributed by atoms with Crippen LogP contribution < -0.4 is 10.1 Å². The predicted molar refractivity (Wildman–Crippen MR) is 69.7 cm³/mol. The molecule has 1 amide bonds. The van der Waals surface area contributed by atoms with E-state index in [2.05, 4.69) is 5.32 Å². The van der Waals surface area contributed by atoms with E-state index in [1.165, 1.54) is 13.1 Å². The van der Waals surface area contributed by atoms with Crippen molar-refractivity contribution in [1.82, 2.24) is 5.32 Å². The molecule has 1 rings (SSSR count). The van der Waals surface area contributed by atoms with Gasteiger partial charge in [0.1, 0.15) is 5.75 Å². The van der Waals surface area contributed by atoms with Gasteiger partial charge in [-0.05, 0) is 23.1 Å². The number of nitrogens with one attached hydrogen (secondary N) is 1. The molecule has 3 nitrogen and oxygen atoms in total. The first-order chi connectivity index (χ1) is 9.05. The van der Waals surface area contributed by atoms with Crippen LogP contribution in [-0.4, -0.2) is 19.6 Å². The maximum atomic E-state index is 13.0. The highest BCUT2D eigenvalue weighted by atomic mass is 19.4. The van der Waals surface area contributed by atoms with Crippen molar-refractivity contribution in [2.75, 3.05) is 13.7 Å². The molecule has 0 aliphatic carbocycles. The molecule has 20 heavy (non-hydrogen) atoms. The van der Waals surface area contributed by atoms with E-state index in [0.717, 1.165) is 6.07 Å². The number of rotatable bonds is 3. The first kappa shape index (κ1) is 16.3. The van der Waals surface area contributed by atoms with Gasteiger partial charge in [0.15, 0.2) is 6.61 Å². The fourth-order valence-corrected chi connectivity index (χ4v) is 1.56. The summed E-state index contributed by atoms with van der Waals surface area (Å²) in [5.74, 6) is -0.827. The topological polar surface area (TPSA) is 38.3 Å². The molecule has 0 bridgehead atoms. The lowest BCUT2D eigenvalue weighted by molar-refractivity contribution is -0.139. The van der Waals surface area contributed by atoms with E-state index in [4.69, 9.17) is 4.74 Å². The summed E-state index contributed by atoms with van der Waals surface area (Å²) in [7, 11) is 1.39. The molecule has 0 heterocycles. The minimum absolute atomic E-state index is 0.339. The van der Waals surface area contributed by atoms with E-state index in [0.29, 0.717) is 5.56 Å². The summed E-state index contributed by atoms with van der Waals surface area (Å²) < 4.78 is 44.1. The Kier molecular flexibility index (Phi) is 4.68. The number of benzene rings is 1. The third-order valence-electron chi connectivity index (χ3n) is 2.79. The summed E-state index contributed by atoms with van der Waals surface area (Å²) in [5, 5.41) is 2.28. The SMILES string of the molecule is CNC(=O)COc1ccc(C(C)(C)C)cc1C(F)(F)F. The van der Waals surface area contributed by atoms with Gasteiger partial charge in [0.25, 0.3) is 5.91 Å². The van der Waals surface area contributed by atoms with Gasteiger partial charge in [0.05, 0.1) is 5.56 Å². The number of amides is 1. The molecule has 0 atom stereocenters. The van der Waals surface area contributed by atoms with E-state index in [9.17, 15) is 18.0 Å². The predicted octanol–water partition coefficient (Wildman–Crippen LogP) is 3.13. The number of alkyl halides is 3. The van der Waals surface area contributed by atoms with E-state index < -0.39 is 29.7 Å². The van der Waals surface area contributed by atoms with Crippen LogP contribution in [0.2, 0.25) is 0 Å². The Bertz CT molecular complexity index is 490. The molecule has 6 heteroatoms. The van der Waals surface area contributed by atoms with E-state index in [1.807, 2.05) is 20.8 Å². The summed E-state index contributed by atoms with van der Waals surface area (Å²) in [6.07, 6.45) is -4.53. The zero-order valence-corrected chi connectivity index (χ0v) is 11.9. The Morgan fingerprint density at radius 1 is 1.25 bits per heavy atom. The van der Waals surface area contributed by atoms with Crippen LogP contribution in [0.1, 0.15) is 31.9 Å². The van der Waals surface area contributed by atoms with Crippen molar-refractivity contribution in [3.05, 3.63) is 29.3 Å². The van der Waals surface area contributed by atoms with Crippen molar-refractivity contribution in [3.63, 3.8) is 0 Å². The average Bonchev–Trinajstić information content (AvgIpc) is 2.33. The van der Waals surface area contributed by atoms with Crippen molar-refractivity contribution in [3.8, 4) is 5.75 Å². The molecule has 0 aromatic heterocycles. The smallest absolute Gasteiger partial charge is 0.419 e. The molecule has 0 fully saturated rings. The zero-order valence-electron chi connectivity index (χ0n) is 11.9. The van der Waals surface area contributed by atoms with Gasteiger partial charge in [0.2, 0.25) is 0 Å². The Labute approximate surface area is 116 Å². The molecule has 1 aromatic rings. The number of hydrogen-bond donors (Lipinski definition) is 1. The van der Waals surface area contributed by atoms with Gasteiger partial charge in [0, 0.05) is 7.05 Å². The lowest BCUT2D eigenvalue weighted by atomic mass is 9.86. The number of likely N-dealkylation sites (N-methyl/N-ethyl adjacent to an activating group) is 1. The summed E-state index contributed by atoms with van der Waals surface area (Å²) in [6, 6.07) is 3.90. The van der Waals surface area contributed by atoms with Crippen LogP contribution in [0.25, 0.3) is 0 Å². The highest BCUT2D eigenvalue weighted by molar-refractivity contribution is 5.77. The van der Waals surface area contributed by atoms with Crippen LogP contribution in [0, 0.1) is 0 Å². The van der Waals surface area contributed by atoms with Gasteiger partial charge in [-0.1, -0.05) is 26.8 Å². The highest BCUT2D eigenvalue weighted by Crippen LogP contribution is 2.38. The largest absolute Gasteiger partial charge is 0.483 e. The third-order valence-corrected chi connectivity index (χ3v) is 2.79. The number of carbonyl (C=O) groups excluding carboxylic acids is 1. The van der Waals surface area contributed by atoms with Crippen molar-refractivity contribution in [2.45, 2.75) is 32.4 Å². The van der Waals surface area contributed by atoms with Gasteiger partial charge in [-0.2, -0.15) is 13.2 Å². The van der Waals surface area contributed by atoms with Crippen molar-refractivity contribution < 1.29 is 22.7 Å². The van der Waals surface area contributed by atoms with E-state index in [-0.39, 0.29) is 5.75 Å². The van der Waals surface area contributed by atoms with Gasteiger partial charge >= 0.3 is 6.18 Å². The molecular formula is C14H18F3NO2.